The van der Waals surface area contributed by atoms with Crippen molar-refractivity contribution in [3.05, 3.63) is 43.5 Å². The molecule has 4 atom stereocenters. The van der Waals surface area contributed by atoms with E-state index in [4.69, 9.17) is 14.7 Å². The minimum atomic E-state index is -2.19. The molecule has 0 bridgehead atoms. The van der Waals surface area contributed by atoms with Gasteiger partial charge in [-0.2, -0.15) is 0 Å². The average Bonchev–Trinajstić information content (AvgIpc) is 3.00. The van der Waals surface area contributed by atoms with Gasteiger partial charge in [0.05, 0.1) is 18.6 Å². The summed E-state index contributed by atoms with van der Waals surface area (Å²) in [5.74, 6) is -1.61. The lowest BCUT2D eigenvalue weighted by molar-refractivity contribution is -0.141. The number of aromatic amines is 1. The van der Waals surface area contributed by atoms with Crippen molar-refractivity contribution < 1.29 is 19.1 Å². The van der Waals surface area contributed by atoms with Crippen molar-refractivity contribution in [2.45, 2.75) is 63.8 Å². The third kappa shape index (κ3) is 5.15. The van der Waals surface area contributed by atoms with E-state index in [1.54, 1.807) is 0 Å². The van der Waals surface area contributed by atoms with Crippen LogP contribution < -0.4 is 11.2 Å². The van der Waals surface area contributed by atoms with Crippen LogP contribution >= 0.6 is 0 Å². The lowest BCUT2D eigenvalue weighted by atomic mass is 9.96. The number of rotatable bonds is 10. The van der Waals surface area contributed by atoms with Crippen molar-refractivity contribution >= 4 is 14.3 Å². The standard InChI is InChI=1S/C17H27N5O6Si/c1-4-29(5-2,6-3)28-15-11(10-19-21-18)12(9-14(24)25)27-16(15)22-8-7-13(23)20-17(22)26/h7-8,11-12,15-16H,4-6,9-10H2,1-3H3,(H,24,25)(H,20,23,26)/t11-,12-,15-,16-/m1/s1. The Balaban J connectivity index is 2.54. The van der Waals surface area contributed by atoms with Crippen LogP contribution in [0.25, 0.3) is 10.4 Å². The SMILES string of the molecule is CC[Si](CC)(CC)O[C@@H]1[C@H](CN=[N+]=[N-])[C@@H](CC(=O)O)O[C@H]1n1ccc(=O)[nH]c1=O. The Hall–Kier alpha value is -2.40. The molecule has 1 fully saturated rings. The average molecular weight is 426 g/mol. The number of nitrogens with zero attached hydrogens (tertiary/aromatic N) is 4. The van der Waals surface area contributed by atoms with Crippen LogP contribution in [0.2, 0.25) is 18.1 Å². The molecular weight excluding hydrogens is 398 g/mol. The summed E-state index contributed by atoms with van der Waals surface area (Å²) in [7, 11) is -2.19. The van der Waals surface area contributed by atoms with E-state index in [-0.39, 0.29) is 13.0 Å². The summed E-state index contributed by atoms with van der Waals surface area (Å²) in [4.78, 5) is 40.2. The van der Waals surface area contributed by atoms with Gasteiger partial charge in [-0.3, -0.25) is 19.1 Å². The third-order valence-electron chi connectivity index (χ3n) is 5.67. The molecule has 0 amide bonds. The zero-order valence-electron chi connectivity index (χ0n) is 16.8. The molecule has 1 aromatic rings. The summed E-state index contributed by atoms with van der Waals surface area (Å²) >= 11 is 0. The molecule has 12 heteroatoms. The maximum atomic E-state index is 12.4. The highest BCUT2D eigenvalue weighted by Gasteiger charge is 2.49. The maximum absolute atomic E-state index is 12.4. The summed E-state index contributed by atoms with van der Waals surface area (Å²) in [5.41, 5.74) is 7.56. The number of aliphatic carboxylic acids is 1. The first-order valence-corrected chi connectivity index (χ1v) is 12.2. The minimum Gasteiger partial charge on any atom is -0.481 e. The van der Waals surface area contributed by atoms with Crippen LogP contribution in [0, 0.1) is 5.92 Å². The van der Waals surface area contributed by atoms with Crippen molar-refractivity contribution in [1.82, 2.24) is 9.55 Å². The lowest BCUT2D eigenvalue weighted by Gasteiger charge is -2.35. The van der Waals surface area contributed by atoms with Gasteiger partial charge in [-0.05, 0) is 23.7 Å². The highest BCUT2D eigenvalue weighted by Crippen LogP contribution is 2.40. The molecule has 0 unspecified atom stereocenters. The van der Waals surface area contributed by atoms with Crippen LogP contribution in [0.1, 0.15) is 33.4 Å². The molecule has 1 aromatic heterocycles. The fourth-order valence-corrected chi connectivity index (χ4v) is 6.66. The first kappa shape index (κ1) is 22.9. The normalized spacial score (nSPS) is 24.2. The molecule has 1 saturated heterocycles. The van der Waals surface area contributed by atoms with E-state index in [1.807, 2.05) is 20.8 Å². The summed E-state index contributed by atoms with van der Waals surface area (Å²) in [6.45, 7) is 6.13. The van der Waals surface area contributed by atoms with Gasteiger partial charge >= 0.3 is 11.7 Å². The van der Waals surface area contributed by atoms with Crippen LogP contribution in [0.5, 0.6) is 0 Å². The fourth-order valence-electron chi connectivity index (χ4n) is 3.79. The van der Waals surface area contributed by atoms with Crippen LogP contribution in [0.15, 0.2) is 27.0 Å². The number of hydrogen-bond acceptors (Lipinski definition) is 6. The Morgan fingerprint density at radius 3 is 2.55 bits per heavy atom. The van der Waals surface area contributed by atoms with Gasteiger partial charge in [-0.15, -0.1) is 0 Å². The van der Waals surface area contributed by atoms with Gasteiger partial charge in [0, 0.05) is 29.6 Å². The Bertz CT molecular complexity index is 867. The Kier molecular flexibility index (Phi) is 7.79. The molecule has 1 aliphatic heterocycles. The molecule has 0 radical (unpaired) electrons. The molecule has 0 spiro atoms. The van der Waals surface area contributed by atoms with Crippen LogP contribution in [-0.2, 0) is 14.0 Å². The Morgan fingerprint density at radius 1 is 1.38 bits per heavy atom. The van der Waals surface area contributed by atoms with Gasteiger partial charge in [-0.1, -0.05) is 25.9 Å². The second kappa shape index (κ2) is 9.88. The molecule has 160 valence electrons. The van der Waals surface area contributed by atoms with E-state index in [9.17, 15) is 19.5 Å². The van der Waals surface area contributed by atoms with Crippen LogP contribution in [0.4, 0.5) is 0 Å². The van der Waals surface area contributed by atoms with Gasteiger partial charge in [0.1, 0.15) is 0 Å². The lowest BCUT2D eigenvalue weighted by Crippen LogP contribution is -2.46. The van der Waals surface area contributed by atoms with Gasteiger partial charge in [0.25, 0.3) is 5.56 Å². The predicted octanol–water partition coefficient (Wildman–Crippen LogP) is 2.23. The first-order valence-electron chi connectivity index (χ1n) is 9.68. The highest BCUT2D eigenvalue weighted by atomic mass is 28.4. The van der Waals surface area contributed by atoms with E-state index >= 15 is 0 Å². The molecule has 29 heavy (non-hydrogen) atoms. The smallest absolute Gasteiger partial charge is 0.330 e. The number of azide groups is 1. The van der Waals surface area contributed by atoms with Crippen LogP contribution in [-0.4, -0.2) is 47.7 Å². The molecule has 0 saturated carbocycles. The summed E-state index contributed by atoms with van der Waals surface area (Å²) in [5, 5.41) is 12.9. The molecule has 2 heterocycles. The zero-order valence-corrected chi connectivity index (χ0v) is 17.8. The number of H-pyrrole nitrogens is 1. The van der Waals surface area contributed by atoms with Crippen molar-refractivity contribution in [2.24, 2.45) is 11.0 Å². The maximum Gasteiger partial charge on any atom is 0.330 e. The van der Waals surface area contributed by atoms with Crippen molar-refractivity contribution in [1.29, 1.82) is 0 Å². The number of aromatic nitrogens is 2. The number of carboxylic acids is 1. The number of carbonyl (C=O) groups is 1. The quantitative estimate of drug-likeness (QED) is 0.253. The fraction of sp³-hybridized carbons (Fsp3) is 0.706. The van der Waals surface area contributed by atoms with Gasteiger partial charge in [0.15, 0.2) is 14.5 Å². The largest absolute Gasteiger partial charge is 0.481 e. The van der Waals surface area contributed by atoms with Gasteiger partial charge in [-0.25, -0.2) is 4.79 Å². The predicted molar refractivity (Wildman–Crippen MR) is 107 cm³/mol. The molecule has 2 rings (SSSR count). The molecule has 1 aliphatic rings. The molecular formula is C17H27N5O6Si. The minimum absolute atomic E-state index is 0.0185. The summed E-state index contributed by atoms with van der Waals surface area (Å²) in [6, 6.07) is 3.70. The first-order chi connectivity index (χ1) is 13.8. The van der Waals surface area contributed by atoms with Crippen molar-refractivity contribution in [3.8, 4) is 0 Å². The number of ether oxygens (including phenoxy) is 1. The van der Waals surface area contributed by atoms with E-state index in [0.717, 1.165) is 18.1 Å². The van der Waals surface area contributed by atoms with Crippen LogP contribution in [0.3, 0.4) is 0 Å². The van der Waals surface area contributed by atoms with E-state index in [2.05, 4.69) is 15.0 Å². The highest BCUT2D eigenvalue weighted by molar-refractivity contribution is 6.73. The monoisotopic (exact) mass is 425 g/mol. The second-order valence-corrected chi connectivity index (χ2v) is 11.8. The Morgan fingerprint density at radius 2 is 2.03 bits per heavy atom. The van der Waals surface area contributed by atoms with Crippen molar-refractivity contribution in [2.75, 3.05) is 6.54 Å². The molecule has 2 N–H and O–H groups in total. The molecule has 0 aromatic carbocycles. The Labute approximate surface area is 168 Å². The number of nitrogens with one attached hydrogen (secondary N) is 1. The van der Waals surface area contributed by atoms with Gasteiger partial charge < -0.3 is 14.3 Å². The van der Waals surface area contributed by atoms with Gasteiger partial charge in [0.2, 0.25) is 0 Å². The summed E-state index contributed by atoms with van der Waals surface area (Å²) in [6.07, 6.45) is -1.43. The summed E-state index contributed by atoms with van der Waals surface area (Å²) < 4.78 is 13.8. The van der Waals surface area contributed by atoms with E-state index in [0.29, 0.717) is 0 Å². The zero-order chi connectivity index (χ0) is 21.6. The van der Waals surface area contributed by atoms with E-state index < -0.39 is 49.9 Å². The van der Waals surface area contributed by atoms with E-state index in [1.165, 1.54) is 16.8 Å². The third-order valence-corrected chi connectivity index (χ3v) is 10.3. The van der Waals surface area contributed by atoms with Crippen molar-refractivity contribution in [3.63, 3.8) is 0 Å². The molecule has 0 aliphatic carbocycles. The molecule has 11 nitrogen and oxygen atoms in total. The number of carboxylic acid groups (broad SMARTS) is 1. The number of hydrogen-bond donors (Lipinski definition) is 2. The topological polar surface area (TPSA) is 159 Å². The second-order valence-electron chi connectivity index (χ2n) is 7.08.